The smallest absolute Gasteiger partial charge is 0.291 e. The minimum Gasteiger partial charge on any atom is -0.396 e. The molecule has 0 amide bonds. The predicted molar refractivity (Wildman–Crippen MR) is 30.2 cm³/mol. The standard InChI is InChI=1S/C4H8O2.HNO3/c5-2-1-4-3-6-4;2-1(3)4/h4-5H,1-3H2;(H,2,3,4). The summed E-state index contributed by atoms with van der Waals surface area (Å²) >= 11 is 0. The van der Waals surface area contributed by atoms with E-state index >= 15 is 0 Å². The van der Waals surface area contributed by atoms with Crippen LogP contribution in [-0.4, -0.2) is 34.7 Å². The van der Waals surface area contributed by atoms with Gasteiger partial charge in [-0.3, -0.25) is 0 Å². The summed E-state index contributed by atoms with van der Waals surface area (Å²) < 4.78 is 4.79. The zero-order valence-electron chi connectivity index (χ0n) is 5.27. The van der Waals surface area contributed by atoms with Crippen LogP contribution in [0.2, 0.25) is 0 Å². The molecule has 60 valence electrons. The molecule has 0 aromatic carbocycles. The van der Waals surface area contributed by atoms with Gasteiger partial charge in [0.1, 0.15) is 0 Å². The molecular formula is C4H9NO5. The maximum Gasteiger partial charge on any atom is 0.291 e. The molecule has 0 spiro atoms. The minimum absolute atomic E-state index is 0.269. The first kappa shape index (κ1) is 9.12. The molecular weight excluding hydrogens is 142 g/mol. The summed E-state index contributed by atoms with van der Waals surface area (Å²) in [5.74, 6) is 0. The molecule has 1 atom stereocenters. The lowest BCUT2D eigenvalue weighted by Gasteiger charge is -1.80. The molecule has 1 heterocycles. The molecule has 0 aromatic rings. The highest BCUT2D eigenvalue weighted by molar-refractivity contribution is 4.66. The second-order valence-electron chi connectivity index (χ2n) is 1.71. The Morgan fingerprint density at radius 3 is 2.30 bits per heavy atom. The lowest BCUT2D eigenvalue weighted by molar-refractivity contribution is -0.742. The van der Waals surface area contributed by atoms with Crippen LogP contribution in [0.5, 0.6) is 0 Å². The van der Waals surface area contributed by atoms with E-state index in [4.69, 9.17) is 25.2 Å². The van der Waals surface area contributed by atoms with Crippen molar-refractivity contribution >= 4 is 0 Å². The van der Waals surface area contributed by atoms with E-state index in [0.29, 0.717) is 6.10 Å². The van der Waals surface area contributed by atoms with Gasteiger partial charge in [-0.2, -0.15) is 0 Å². The molecule has 0 saturated carbocycles. The van der Waals surface area contributed by atoms with Crippen molar-refractivity contribution in [3.63, 3.8) is 0 Å². The molecule has 6 heteroatoms. The number of ether oxygens (including phenoxy) is 1. The molecule has 1 saturated heterocycles. The minimum atomic E-state index is -1.50. The van der Waals surface area contributed by atoms with Gasteiger partial charge < -0.3 is 15.1 Å². The normalized spacial score (nSPS) is 20.7. The maximum atomic E-state index is 8.36. The summed E-state index contributed by atoms with van der Waals surface area (Å²) in [4.78, 5) is 8.36. The van der Waals surface area contributed by atoms with Gasteiger partial charge in [-0.15, -0.1) is 10.1 Å². The third-order valence-electron chi connectivity index (χ3n) is 0.853. The molecule has 0 aliphatic carbocycles. The topological polar surface area (TPSA) is 96.1 Å². The van der Waals surface area contributed by atoms with Crippen LogP contribution in [0, 0.1) is 10.1 Å². The molecule has 10 heavy (non-hydrogen) atoms. The summed E-state index contributed by atoms with van der Waals surface area (Å²) in [6.45, 7) is 1.13. The molecule has 0 bridgehead atoms. The number of hydrogen-bond donors (Lipinski definition) is 2. The SMILES string of the molecule is O=[N+]([O-])O.OCCC1CO1. The van der Waals surface area contributed by atoms with Crippen LogP contribution >= 0.6 is 0 Å². The van der Waals surface area contributed by atoms with Gasteiger partial charge in [0, 0.05) is 6.61 Å². The van der Waals surface area contributed by atoms with Gasteiger partial charge in [0.15, 0.2) is 0 Å². The Morgan fingerprint density at radius 1 is 1.80 bits per heavy atom. The van der Waals surface area contributed by atoms with Gasteiger partial charge in [-0.25, -0.2) is 0 Å². The van der Waals surface area contributed by atoms with Gasteiger partial charge in [-0.1, -0.05) is 0 Å². The molecule has 1 aliphatic heterocycles. The van der Waals surface area contributed by atoms with Crippen LogP contribution in [0.25, 0.3) is 0 Å². The van der Waals surface area contributed by atoms with E-state index in [1.54, 1.807) is 0 Å². The first-order valence-corrected chi connectivity index (χ1v) is 2.72. The Kier molecular flexibility index (Phi) is 4.51. The van der Waals surface area contributed by atoms with Gasteiger partial charge in [-0.05, 0) is 6.42 Å². The molecule has 1 rings (SSSR count). The van der Waals surface area contributed by atoms with Crippen LogP contribution in [0.15, 0.2) is 0 Å². The molecule has 1 fully saturated rings. The Balaban J connectivity index is 0.000000180. The first-order chi connectivity index (χ1) is 4.66. The molecule has 2 N–H and O–H groups in total. The Bertz CT molecular complexity index is 97.8. The Labute approximate surface area is 57.1 Å². The molecule has 6 nitrogen and oxygen atoms in total. The van der Waals surface area contributed by atoms with Crippen molar-refractivity contribution in [1.29, 1.82) is 0 Å². The summed E-state index contributed by atoms with van der Waals surface area (Å²) in [7, 11) is 0. The monoisotopic (exact) mass is 151 g/mol. The predicted octanol–water partition coefficient (Wildman–Crippen LogP) is -0.580. The van der Waals surface area contributed by atoms with Crippen molar-refractivity contribution in [2.75, 3.05) is 13.2 Å². The average molecular weight is 151 g/mol. The highest BCUT2D eigenvalue weighted by Crippen LogP contribution is 2.11. The van der Waals surface area contributed by atoms with E-state index in [9.17, 15) is 0 Å². The van der Waals surface area contributed by atoms with Crippen LogP contribution < -0.4 is 0 Å². The highest BCUT2D eigenvalue weighted by atomic mass is 16.9. The quantitative estimate of drug-likeness (QED) is 0.312. The fourth-order valence-electron chi connectivity index (χ4n) is 0.379. The first-order valence-electron chi connectivity index (χ1n) is 2.72. The Morgan fingerprint density at radius 2 is 2.20 bits per heavy atom. The van der Waals surface area contributed by atoms with E-state index < -0.39 is 5.09 Å². The fraction of sp³-hybridized carbons (Fsp3) is 1.00. The number of aliphatic hydroxyl groups excluding tert-OH is 1. The number of nitrogens with zero attached hydrogens (tertiary/aromatic N) is 1. The van der Waals surface area contributed by atoms with Crippen molar-refractivity contribution in [3.8, 4) is 0 Å². The van der Waals surface area contributed by atoms with Gasteiger partial charge in [0.2, 0.25) is 0 Å². The van der Waals surface area contributed by atoms with Crippen LogP contribution in [0.1, 0.15) is 6.42 Å². The molecule has 0 radical (unpaired) electrons. The van der Waals surface area contributed by atoms with E-state index in [2.05, 4.69) is 0 Å². The lowest BCUT2D eigenvalue weighted by Crippen LogP contribution is -1.88. The van der Waals surface area contributed by atoms with Crippen molar-refractivity contribution < 1.29 is 20.1 Å². The Hall–Kier alpha value is -0.880. The van der Waals surface area contributed by atoms with Gasteiger partial charge in [0.05, 0.1) is 12.7 Å². The zero-order valence-corrected chi connectivity index (χ0v) is 5.27. The third kappa shape index (κ3) is 10.2. The molecule has 1 aliphatic rings. The maximum absolute atomic E-state index is 8.36. The summed E-state index contributed by atoms with van der Waals surface area (Å²) in [5, 5.41) is 21.8. The molecule has 1 unspecified atom stereocenters. The summed E-state index contributed by atoms with van der Waals surface area (Å²) in [6, 6.07) is 0. The number of rotatable bonds is 2. The van der Waals surface area contributed by atoms with E-state index in [-0.39, 0.29) is 6.61 Å². The van der Waals surface area contributed by atoms with Crippen molar-refractivity contribution in [2.24, 2.45) is 0 Å². The van der Waals surface area contributed by atoms with E-state index in [1.807, 2.05) is 0 Å². The number of hydrogen-bond acceptors (Lipinski definition) is 4. The fourth-order valence-corrected chi connectivity index (χ4v) is 0.379. The summed E-state index contributed by atoms with van der Waals surface area (Å²) in [6.07, 6.45) is 1.22. The van der Waals surface area contributed by atoms with E-state index in [0.717, 1.165) is 13.0 Å². The highest BCUT2D eigenvalue weighted by Gasteiger charge is 2.20. The summed E-state index contributed by atoms with van der Waals surface area (Å²) in [5.41, 5.74) is 0. The van der Waals surface area contributed by atoms with E-state index in [1.165, 1.54) is 0 Å². The number of epoxide rings is 1. The molecule has 0 aromatic heterocycles. The van der Waals surface area contributed by atoms with Crippen molar-refractivity contribution in [1.82, 2.24) is 0 Å². The van der Waals surface area contributed by atoms with Crippen LogP contribution in [0.4, 0.5) is 0 Å². The van der Waals surface area contributed by atoms with Gasteiger partial charge in [0.25, 0.3) is 5.09 Å². The second kappa shape index (κ2) is 4.95. The number of aliphatic hydroxyl groups is 1. The van der Waals surface area contributed by atoms with Crippen molar-refractivity contribution in [3.05, 3.63) is 10.1 Å². The van der Waals surface area contributed by atoms with Crippen molar-refractivity contribution in [2.45, 2.75) is 12.5 Å². The lowest BCUT2D eigenvalue weighted by atomic mass is 10.4. The van der Waals surface area contributed by atoms with Crippen LogP contribution in [-0.2, 0) is 4.74 Å². The second-order valence-corrected chi connectivity index (χ2v) is 1.71. The van der Waals surface area contributed by atoms with Gasteiger partial charge >= 0.3 is 0 Å². The largest absolute Gasteiger partial charge is 0.396 e. The third-order valence-corrected chi connectivity index (χ3v) is 0.853. The van der Waals surface area contributed by atoms with Crippen LogP contribution in [0.3, 0.4) is 0 Å². The zero-order chi connectivity index (χ0) is 7.98. The average Bonchev–Trinajstić information content (AvgIpc) is 2.48.